The number of aromatic nitrogens is 2. The number of H-pyrrole nitrogens is 1. The number of nitrogens with zero attached hydrogens (tertiary/aromatic N) is 2. The van der Waals surface area contributed by atoms with E-state index in [9.17, 15) is 4.79 Å². The maximum Gasteiger partial charge on any atom is 0.247 e. The predicted molar refractivity (Wildman–Crippen MR) is 147 cm³/mol. The summed E-state index contributed by atoms with van der Waals surface area (Å²) in [4.78, 5) is 22.6. The number of rotatable bonds is 6. The van der Waals surface area contributed by atoms with Gasteiger partial charge in [-0.05, 0) is 86.3 Å². The Kier molecular flexibility index (Phi) is 6.61. The van der Waals surface area contributed by atoms with Crippen molar-refractivity contribution in [2.24, 2.45) is 0 Å². The van der Waals surface area contributed by atoms with E-state index in [-0.39, 0.29) is 5.91 Å². The molecule has 3 heterocycles. The Hall–Kier alpha value is -3.90. The van der Waals surface area contributed by atoms with Crippen molar-refractivity contribution in [2.75, 3.05) is 32.6 Å². The number of likely N-dealkylation sites (tertiary alicyclic amines) is 1. The van der Waals surface area contributed by atoms with Crippen LogP contribution in [-0.2, 0) is 4.79 Å². The van der Waals surface area contributed by atoms with Crippen LogP contribution in [0.25, 0.3) is 33.4 Å². The average Bonchev–Trinajstić information content (AvgIpc) is 3.30. The first-order valence-corrected chi connectivity index (χ1v) is 12.4. The second kappa shape index (κ2) is 9.99. The summed E-state index contributed by atoms with van der Waals surface area (Å²) in [5.74, 6) is 1.11. The molecular weight excluding hydrogens is 448 g/mol. The van der Waals surface area contributed by atoms with Crippen molar-refractivity contribution in [1.29, 1.82) is 0 Å². The number of ether oxygens (including phenoxy) is 1. The Morgan fingerprint density at radius 2 is 1.86 bits per heavy atom. The molecule has 0 saturated carbocycles. The minimum Gasteiger partial charge on any atom is -0.496 e. The molecule has 1 amide bonds. The maximum absolute atomic E-state index is 12.0. The van der Waals surface area contributed by atoms with E-state index < -0.39 is 0 Å². The van der Waals surface area contributed by atoms with Gasteiger partial charge in [-0.25, -0.2) is 4.98 Å². The third-order valence-electron chi connectivity index (χ3n) is 7.23. The highest BCUT2D eigenvalue weighted by atomic mass is 16.5. The predicted octanol–water partition coefficient (Wildman–Crippen LogP) is 6.15. The molecule has 0 bridgehead atoms. The highest BCUT2D eigenvalue weighted by Crippen LogP contribution is 2.43. The quantitative estimate of drug-likeness (QED) is 0.325. The number of pyridine rings is 1. The second-order valence-electron chi connectivity index (χ2n) is 9.53. The fraction of sp³-hybridized carbons (Fsp3) is 0.267. The molecule has 0 unspecified atom stereocenters. The van der Waals surface area contributed by atoms with Crippen molar-refractivity contribution in [3.05, 3.63) is 78.5 Å². The van der Waals surface area contributed by atoms with Crippen LogP contribution in [0.15, 0.2) is 67.4 Å². The summed E-state index contributed by atoms with van der Waals surface area (Å²) in [7, 11) is 3.87. The van der Waals surface area contributed by atoms with Crippen LogP contribution in [0, 0.1) is 6.92 Å². The summed E-state index contributed by atoms with van der Waals surface area (Å²) in [6.07, 6.45) is 5.41. The van der Waals surface area contributed by atoms with Crippen molar-refractivity contribution in [3.63, 3.8) is 0 Å². The van der Waals surface area contributed by atoms with E-state index in [4.69, 9.17) is 4.74 Å². The first-order valence-electron chi connectivity index (χ1n) is 12.4. The van der Waals surface area contributed by atoms with E-state index >= 15 is 0 Å². The lowest BCUT2D eigenvalue weighted by Gasteiger charge is -2.29. The van der Waals surface area contributed by atoms with Gasteiger partial charge in [-0.15, -0.1) is 0 Å². The number of methoxy groups -OCH3 is 1. The summed E-state index contributed by atoms with van der Waals surface area (Å²) in [5.41, 5.74) is 7.89. The van der Waals surface area contributed by atoms with Crippen molar-refractivity contribution < 1.29 is 9.53 Å². The summed E-state index contributed by atoms with van der Waals surface area (Å²) in [6.45, 7) is 7.83. The van der Waals surface area contributed by atoms with Crippen molar-refractivity contribution in [2.45, 2.75) is 25.7 Å². The number of fused-ring (bicyclic) bond motifs is 1. The Morgan fingerprint density at radius 3 is 2.56 bits per heavy atom. The number of piperidine rings is 1. The molecule has 2 aromatic heterocycles. The topological polar surface area (TPSA) is 70.2 Å². The summed E-state index contributed by atoms with van der Waals surface area (Å²) in [5, 5.41) is 3.84. The van der Waals surface area contributed by atoms with Crippen LogP contribution in [0.2, 0.25) is 0 Å². The standard InChI is InChI=1S/C30H32N4O2/c1-5-26(35)32-24-18-23(7-6-19(24)2)27-28-25(36-4)12-15-31-30(28)33-29(27)22-10-8-20(9-11-22)21-13-16-34(3)17-14-21/h5-12,15,18,21H,1,13-14,16-17H2,2-4H3,(H,31,33)(H,32,35). The summed E-state index contributed by atoms with van der Waals surface area (Å²) in [6, 6.07) is 16.9. The van der Waals surface area contributed by atoms with Gasteiger partial charge >= 0.3 is 0 Å². The largest absolute Gasteiger partial charge is 0.496 e. The van der Waals surface area contributed by atoms with Gasteiger partial charge in [0.15, 0.2) is 0 Å². The first kappa shape index (κ1) is 23.8. The van der Waals surface area contributed by atoms with Crippen molar-refractivity contribution >= 4 is 22.6 Å². The van der Waals surface area contributed by atoms with Gasteiger partial charge in [0.25, 0.3) is 0 Å². The molecule has 36 heavy (non-hydrogen) atoms. The van der Waals surface area contributed by atoms with E-state index in [0.29, 0.717) is 5.92 Å². The highest BCUT2D eigenvalue weighted by molar-refractivity contribution is 6.06. The molecule has 6 heteroatoms. The molecule has 0 radical (unpaired) electrons. The molecule has 1 saturated heterocycles. The number of hydrogen-bond acceptors (Lipinski definition) is 4. The van der Waals surface area contributed by atoms with Crippen LogP contribution in [0.4, 0.5) is 5.69 Å². The molecule has 2 N–H and O–H groups in total. The Morgan fingerprint density at radius 1 is 1.14 bits per heavy atom. The number of amides is 1. The fourth-order valence-electron chi connectivity index (χ4n) is 5.12. The van der Waals surface area contributed by atoms with Gasteiger partial charge in [-0.1, -0.05) is 43.0 Å². The van der Waals surface area contributed by atoms with Gasteiger partial charge in [0.05, 0.1) is 18.2 Å². The normalized spacial score (nSPS) is 14.6. The third-order valence-corrected chi connectivity index (χ3v) is 7.23. The summed E-state index contributed by atoms with van der Waals surface area (Å²) < 4.78 is 5.73. The van der Waals surface area contributed by atoms with Gasteiger partial charge in [0, 0.05) is 17.4 Å². The van der Waals surface area contributed by atoms with E-state index in [1.165, 1.54) is 24.5 Å². The number of aromatic amines is 1. The van der Waals surface area contributed by atoms with Gasteiger partial charge in [-0.3, -0.25) is 4.79 Å². The minimum absolute atomic E-state index is 0.238. The number of carbonyl (C=O) groups is 1. The van der Waals surface area contributed by atoms with Crippen LogP contribution in [0.5, 0.6) is 5.75 Å². The number of hydrogen-bond donors (Lipinski definition) is 2. The highest BCUT2D eigenvalue weighted by Gasteiger charge is 2.22. The van der Waals surface area contributed by atoms with Gasteiger partial charge < -0.3 is 19.9 Å². The molecule has 5 rings (SSSR count). The molecule has 2 aromatic carbocycles. The van der Waals surface area contributed by atoms with Crippen molar-refractivity contribution in [3.8, 4) is 28.1 Å². The Balaban J connectivity index is 1.62. The molecule has 0 spiro atoms. The molecule has 0 aliphatic carbocycles. The van der Waals surface area contributed by atoms with E-state index in [1.54, 1.807) is 13.3 Å². The van der Waals surface area contributed by atoms with E-state index in [0.717, 1.165) is 63.5 Å². The number of nitrogens with one attached hydrogen (secondary N) is 2. The van der Waals surface area contributed by atoms with E-state index in [1.807, 2.05) is 25.1 Å². The monoisotopic (exact) mass is 480 g/mol. The van der Waals surface area contributed by atoms with Gasteiger partial charge in [0.2, 0.25) is 5.91 Å². The SMILES string of the molecule is C=CC(=O)Nc1cc(-c2c(-c3ccc(C4CCN(C)CC4)cc3)[nH]c3nccc(OC)c23)ccc1C. The number of anilines is 1. The second-order valence-corrected chi connectivity index (χ2v) is 9.53. The van der Waals surface area contributed by atoms with Crippen LogP contribution in [0.1, 0.15) is 29.9 Å². The van der Waals surface area contributed by atoms with E-state index in [2.05, 4.69) is 64.1 Å². The molecule has 6 nitrogen and oxygen atoms in total. The molecule has 1 aliphatic heterocycles. The molecule has 0 atom stereocenters. The maximum atomic E-state index is 12.0. The van der Waals surface area contributed by atoms with Gasteiger partial charge in [0.1, 0.15) is 11.4 Å². The third kappa shape index (κ3) is 4.52. The fourth-order valence-corrected chi connectivity index (χ4v) is 5.12. The average molecular weight is 481 g/mol. The van der Waals surface area contributed by atoms with Crippen LogP contribution in [-0.4, -0.2) is 48.0 Å². The molecule has 184 valence electrons. The molecule has 4 aromatic rings. The molecular formula is C30H32N4O2. The van der Waals surface area contributed by atoms with Gasteiger partial charge in [-0.2, -0.15) is 0 Å². The number of benzene rings is 2. The number of carbonyl (C=O) groups excluding carboxylic acids is 1. The smallest absolute Gasteiger partial charge is 0.247 e. The first-order chi connectivity index (χ1) is 17.5. The summed E-state index contributed by atoms with van der Waals surface area (Å²) >= 11 is 0. The van der Waals surface area contributed by atoms with Crippen LogP contribution in [0.3, 0.4) is 0 Å². The number of aryl methyl sites for hydroxylation is 1. The lowest BCUT2D eigenvalue weighted by Crippen LogP contribution is -2.29. The molecule has 1 fully saturated rings. The minimum atomic E-state index is -0.238. The molecule has 1 aliphatic rings. The lowest BCUT2D eigenvalue weighted by molar-refractivity contribution is -0.111. The Labute approximate surface area is 212 Å². The Bertz CT molecular complexity index is 1410. The van der Waals surface area contributed by atoms with Crippen LogP contribution < -0.4 is 10.1 Å². The van der Waals surface area contributed by atoms with Crippen LogP contribution >= 0.6 is 0 Å². The zero-order valence-electron chi connectivity index (χ0n) is 21.1. The zero-order chi connectivity index (χ0) is 25.2. The lowest BCUT2D eigenvalue weighted by atomic mass is 9.88. The van der Waals surface area contributed by atoms with Crippen molar-refractivity contribution in [1.82, 2.24) is 14.9 Å². The zero-order valence-corrected chi connectivity index (χ0v) is 21.1.